The number of carbonyl (C=O) groups excluding carboxylic acids is 1. The molecule has 0 heterocycles. The van der Waals surface area contributed by atoms with Gasteiger partial charge < -0.3 is 9.47 Å². The van der Waals surface area contributed by atoms with Crippen LogP contribution in [0.4, 0.5) is 10.5 Å². The van der Waals surface area contributed by atoms with Crippen LogP contribution in [-0.4, -0.2) is 23.0 Å². The van der Waals surface area contributed by atoms with E-state index in [4.69, 9.17) is 9.47 Å². The third-order valence-electron chi connectivity index (χ3n) is 6.97. The van der Waals surface area contributed by atoms with E-state index in [1.165, 1.54) is 0 Å². The molecule has 212 valence electrons. The summed E-state index contributed by atoms with van der Waals surface area (Å²) in [5.74, 6) is 0.747. The van der Waals surface area contributed by atoms with Gasteiger partial charge in [-0.2, -0.15) is 0 Å². The number of anilines is 1. The Morgan fingerprint density at radius 1 is 1.00 bits per heavy atom. The minimum absolute atomic E-state index is 0.0359. The molecule has 3 aromatic rings. The van der Waals surface area contributed by atoms with Crippen LogP contribution in [0.15, 0.2) is 95.5 Å². The van der Waals surface area contributed by atoms with Crippen LogP contribution >= 0.6 is 0 Å². The molecular formula is C33H40N2O4S. The summed E-state index contributed by atoms with van der Waals surface area (Å²) in [4.78, 5) is 15.8. The highest BCUT2D eigenvalue weighted by Crippen LogP contribution is 2.40. The van der Waals surface area contributed by atoms with E-state index in [9.17, 15) is 9.00 Å². The Labute approximate surface area is 241 Å². The summed E-state index contributed by atoms with van der Waals surface area (Å²) in [5.41, 5.74) is 3.35. The lowest BCUT2D eigenvalue weighted by Gasteiger charge is -2.35. The Morgan fingerprint density at radius 2 is 1.68 bits per heavy atom. The second-order valence-corrected chi connectivity index (χ2v) is 12.4. The van der Waals surface area contributed by atoms with Crippen molar-refractivity contribution in [2.45, 2.75) is 69.9 Å². The van der Waals surface area contributed by atoms with E-state index in [0.717, 1.165) is 47.3 Å². The molecule has 0 unspecified atom stereocenters. The van der Waals surface area contributed by atoms with Gasteiger partial charge in [-0.1, -0.05) is 54.4 Å². The third kappa shape index (κ3) is 7.83. The number of benzene rings is 3. The lowest BCUT2D eigenvalue weighted by atomic mass is 9.78. The maximum absolute atomic E-state index is 13.5. The summed E-state index contributed by atoms with van der Waals surface area (Å²) in [6, 6.07) is 25.1. The van der Waals surface area contributed by atoms with Gasteiger partial charge in [-0.05, 0) is 94.5 Å². The van der Waals surface area contributed by atoms with Crippen LogP contribution in [0.5, 0.6) is 5.75 Å². The molecule has 0 aliphatic heterocycles. The smallest absolute Gasteiger partial charge is 0.418 e. The van der Waals surface area contributed by atoms with Gasteiger partial charge in [0.15, 0.2) is 0 Å². The first-order valence-electron chi connectivity index (χ1n) is 13.8. The van der Waals surface area contributed by atoms with Crippen LogP contribution in [0.3, 0.4) is 0 Å². The molecule has 3 aromatic carbocycles. The fourth-order valence-corrected chi connectivity index (χ4v) is 6.00. The molecule has 1 fully saturated rings. The Morgan fingerprint density at radius 3 is 2.30 bits per heavy atom. The monoisotopic (exact) mass is 560 g/mol. The minimum Gasteiger partial charge on any atom is -0.497 e. The molecule has 0 bridgehead atoms. The summed E-state index contributed by atoms with van der Waals surface area (Å²) in [7, 11) is 0.208. The fraction of sp³-hybridized carbons (Fsp3) is 0.364. The van der Waals surface area contributed by atoms with Gasteiger partial charge in [-0.3, -0.25) is 4.90 Å². The molecule has 0 radical (unpaired) electrons. The van der Waals surface area contributed by atoms with E-state index in [1.807, 2.05) is 101 Å². The molecule has 1 amide bonds. The number of amides is 1. The van der Waals surface area contributed by atoms with Crippen molar-refractivity contribution in [3.63, 3.8) is 0 Å². The quantitative estimate of drug-likeness (QED) is 0.304. The van der Waals surface area contributed by atoms with Crippen molar-refractivity contribution in [2.75, 3.05) is 12.0 Å². The summed E-state index contributed by atoms with van der Waals surface area (Å²) in [6.45, 7) is 7.61. The highest BCUT2D eigenvalue weighted by atomic mass is 32.2. The molecule has 40 heavy (non-hydrogen) atoms. The molecule has 7 heteroatoms. The molecule has 1 aliphatic carbocycles. The first-order chi connectivity index (χ1) is 19.1. The Balaban J connectivity index is 1.73. The van der Waals surface area contributed by atoms with Gasteiger partial charge in [0.1, 0.15) is 22.3 Å². The first-order valence-corrected chi connectivity index (χ1v) is 15.0. The molecule has 0 saturated heterocycles. The van der Waals surface area contributed by atoms with E-state index < -0.39 is 22.7 Å². The fourth-order valence-electron chi connectivity index (χ4n) is 4.95. The maximum Gasteiger partial charge on any atom is 0.418 e. The average Bonchev–Trinajstić information content (AvgIpc) is 2.95. The first kappa shape index (κ1) is 29.6. The van der Waals surface area contributed by atoms with E-state index >= 15 is 0 Å². The standard InChI is InChI=1S/C33H40N2O4S/c1-24-15-21-29(22-16-24)40(37)34-31(25-11-7-6-8-12-25)30-14-10-9-13-26(30)23-35(32(36)39-33(2,3)4)27-17-19-28(38-5)20-18-27/h6-8,11-12,15-23,30-31,34H,9-10,13-14H2,1-5H3/b26-23-/t30-,31+,40+/m1/s1. The topological polar surface area (TPSA) is 67.9 Å². The van der Waals surface area contributed by atoms with Gasteiger partial charge >= 0.3 is 6.09 Å². The van der Waals surface area contributed by atoms with Crippen LogP contribution in [0.1, 0.15) is 63.6 Å². The average molecular weight is 561 g/mol. The molecule has 4 rings (SSSR count). The van der Waals surface area contributed by atoms with E-state index in [2.05, 4.69) is 16.9 Å². The molecule has 1 aliphatic rings. The molecular weight excluding hydrogens is 520 g/mol. The number of hydrogen-bond donors (Lipinski definition) is 1. The summed E-state index contributed by atoms with van der Waals surface area (Å²) >= 11 is 0. The number of aryl methyl sites for hydroxylation is 1. The zero-order valence-corrected chi connectivity index (χ0v) is 24.9. The number of nitrogens with one attached hydrogen (secondary N) is 1. The molecule has 1 N–H and O–H groups in total. The van der Waals surface area contributed by atoms with Crippen molar-refractivity contribution < 1.29 is 18.5 Å². The van der Waals surface area contributed by atoms with Gasteiger partial charge in [0, 0.05) is 12.1 Å². The maximum atomic E-state index is 13.5. The lowest BCUT2D eigenvalue weighted by Crippen LogP contribution is -2.36. The Hall–Kier alpha value is -3.42. The number of methoxy groups -OCH3 is 1. The summed E-state index contributed by atoms with van der Waals surface area (Å²) in [6.07, 6.45) is 5.32. The van der Waals surface area contributed by atoms with Crippen molar-refractivity contribution in [1.82, 2.24) is 4.72 Å². The van der Waals surface area contributed by atoms with Crippen LogP contribution in [-0.2, 0) is 15.7 Å². The van der Waals surface area contributed by atoms with Crippen molar-refractivity contribution in [1.29, 1.82) is 0 Å². The summed E-state index contributed by atoms with van der Waals surface area (Å²) < 4.78 is 28.1. The SMILES string of the molecule is COc1ccc(N(/C=C2/CCCC[C@H]2[C@@H](N[S@@](=O)c2ccc(C)cc2)c2ccccc2)C(=O)OC(C)(C)C)cc1. The van der Waals surface area contributed by atoms with Gasteiger partial charge in [-0.25, -0.2) is 13.7 Å². The van der Waals surface area contributed by atoms with Crippen LogP contribution in [0.2, 0.25) is 0 Å². The normalized spacial score (nSPS) is 18.1. The van der Waals surface area contributed by atoms with Crippen molar-refractivity contribution in [3.8, 4) is 5.75 Å². The second kappa shape index (κ2) is 13.3. The van der Waals surface area contributed by atoms with Crippen LogP contribution < -0.4 is 14.4 Å². The highest BCUT2D eigenvalue weighted by Gasteiger charge is 2.32. The van der Waals surface area contributed by atoms with E-state index in [0.29, 0.717) is 11.4 Å². The number of carbonyl (C=O) groups is 1. The zero-order chi connectivity index (χ0) is 28.7. The number of nitrogens with zero attached hydrogens (tertiary/aromatic N) is 1. The van der Waals surface area contributed by atoms with Crippen LogP contribution in [0, 0.1) is 12.8 Å². The van der Waals surface area contributed by atoms with E-state index in [1.54, 1.807) is 12.0 Å². The number of rotatable bonds is 8. The number of ether oxygens (including phenoxy) is 2. The Kier molecular flexibility index (Phi) is 9.82. The van der Waals surface area contributed by atoms with E-state index in [-0.39, 0.29) is 12.0 Å². The minimum atomic E-state index is -1.41. The predicted octanol–water partition coefficient (Wildman–Crippen LogP) is 7.87. The molecule has 6 nitrogen and oxygen atoms in total. The lowest BCUT2D eigenvalue weighted by molar-refractivity contribution is 0.0595. The van der Waals surface area contributed by atoms with Gasteiger partial charge in [0.05, 0.1) is 23.7 Å². The summed E-state index contributed by atoms with van der Waals surface area (Å²) in [5, 5.41) is 0. The van der Waals surface area contributed by atoms with Gasteiger partial charge in [0.25, 0.3) is 0 Å². The molecule has 0 spiro atoms. The van der Waals surface area contributed by atoms with Crippen molar-refractivity contribution in [3.05, 3.63) is 102 Å². The third-order valence-corrected chi connectivity index (χ3v) is 8.14. The molecule has 1 saturated carbocycles. The van der Waals surface area contributed by atoms with Crippen molar-refractivity contribution >= 4 is 22.8 Å². The largest absolute Gasteiger partial charge is 0.497 e. The zero-order valence-electron chi connectivity index (χ0n) is 24.1. The Bertz CT molecular complexity index is 1320. The number of hydrogen-bond acceptors (Lipinski definition) is 4. The van der Waals surface area contributed by atoms with Crippen molar-refractivity contribution in [2.24, 2.45) is 5.92 Å². The highest BCUT2D eigenvalue weighted by molar-refractivity contribution is 7.83. The second-order valence-electron chi connectivity index (χ2n) is 11.2. The van der Waals surface area contributed by atoms with Gasteiger partial charge in [-0.15, -0.1) is 0 Å². The molecule has 3 atom stereocenters. The van der Waals surface area contributed by atoms with Gasteiger partial charge in [0.2, 0.25) is 0 Å². The molecule has 0 aromatic heterocycles. The van der Waals surface area contributed by atoms with Crippen LogP contribution in [0.25, 0.3) is 0 Å². The predicted molar refractivity (Wildman–Crippen MR) is 162 cm³/mol.